The van der Waals surface area contributed by atoms with E-state index in [1.54, 1.807) is 45.0 Å². The van der Waals surface area contributed by atoms with E-state index in [0.717, 1.165) is 11.1 Å². The van der Waals surface area contributed by atoms with Crippen LogP contribution in [0.3, 0.4) is 0 Å². The Morgan fingerprint density at radius 3 is 2.37 bits per heavy atom. The van der Waals surface area contributed by atoms with Gasteiger partial charge in [0, 0.05) is 13.0 Å². The number of ether oxygens (including phenoxy) is 1. The summed E-state index contributed by atoms with van der Waals surface area (Å²) < 4.78 is 33.4. The van der Waals surface area contributed by atoms with Crippen molar-refractivity contribution in [2.75, 3.05) is 6.54 Å². The van der Waals surface area contributed by atoms with E-state index in [1.807, 2.05) is 19.1 Å². The minimum Gasteiger partial charge on any atom is -0.459 e. The Hall–Kier alpha value is -2.51. The van der Waals surface area contributed by atoms with Gasteiger partial charge in [0.05, 0.1) is 4.90 Å². The molecule has 1 N–H and O–H groups in total. The molecule has 0 saturated heterocycles. The third-order valence-corrected chi connectivity index (χ3v) is 6.65. The molecule has 0 aromatic heterocycles. The molecule has 0 radical (unpaired) electrons. The number of hydrogen-bond donors (Lipinski definition) is 1. The molecule has 0 amide bonds. The van der Waals surface area contributed by atoms with Crippen molar-refractivity contribution in [3.63, 3.8) is 0 Å². The second-order valence-corrected chi connectivity index (χ2v) is 10.4. The summed E-state index contributed by atoms with van der Waals surface area (Å²) >= 11 is 0. The van der Waals surface area contributed by atoms with E-state index >= 15 is 0 Å². The second kappa shape index (κ2) is 7.96. The first kappa shape index (κ1) is 22.2. The van der Waals surface area contributed by atoms with E-state index in [1.165, 1.54) is 12.1 Å². The highest BCUT2D eigenvalue weighted by molar-refractivity contribution is 7.89. The molecule has 6 nitrogen and oxygen atoms in total. The van der Waals surface area contributed by atoms with E-state index in [9.17, 15) is 18.0 Å². The first-order valence-corrected chi connectivity index (χ1v) is 11.4. The van der Waals surface area contributed by atoms with Crippen molar-refractivity contribution in [3.05, 3.63) is 65.2 Å². The number of benzene rings is 2. The number of aryl methyl sites for hydroxylation is 1. The molecular formula is C23H27NO5S. The van der Waals surface area contributed by atoms with Crippen molar-refractivity contribution in [2.24, 2.45) is 0 Å². The van der Waals surface area contributed by atoms with Gasteiger partial charge in [0.15, 0.2) is 11.2 Å². The van der Waals surface area contributed by atoms with Crippen LogP contribution in [0.25, 0.3) is 0 Å². The van der Waals surface area contributed by atoms with E-state index in [4.69, 9.17) is 4.74 Å². The predicted octanol–water partition coefficient (Wildman–Crippen LogP) is 3.07. The number of hydrogen-bond acceptors (Lipinski definition) is 5. The summed E-state index contributed by atoms with van der Waals surface area (Å²) in [5.41, 5.74) is 0.0303. The van der Waals surface area contributed by atoms with Gasteiger partial charge < -0.3 is 4.74 Å². The molecule has 7 heteroatoms. The third-order valence-electron chi connectivity index (χ3n) is 5.17. The number of carbonyl (C=O) groups excluding carboxylic acids is 2. The lowest BCUT2D eigenvalue weighted by Crippen LogP contribution is -2.47. The topological polar surface area (TPSA) is 89.5 Å². The van der Waals surface area contributed by atoms with Crippen LogP contribution in [0.1, 0.15) is 43.9 Å². The van der Waals surface area contributed by atoms with Crippen molar-refractivity contribution in [3.8, 4) is 0 Å². The minimum absolute atomic E-state index is 0.0111. The second-order valence-electron chi connectivity index (χ2n) is 8.63. The van der Waals surface area contributed by atoms with Gasteiger partial charge in [-0.2, -0.15) is 0 Å². The Balaban J connectivity index is 1.89. The maximum atomic E-state index is 13.2. The van der Waals surface area contributed by atoms with Crippen LogP contribution in [0.5, 0.6) is 0 Å². The van der Waals surface area contributed by atoms with Gasteiger partial charge in [0.25, 0.3) is 0 Å². The maximum Gasteiger partial charge on any atom is 0.324 e. The number of fused-ring (bicyclic) bond motifs is 1. The number of nitrogens with one attached hydrogen (secondary N) is 1. The smallest absolute Gasteiger partial charge is 0.324 e. The molecule has 0 saturated carbocycles. The Morgan fingerprint density at radius 1 is 1.10 bits per heavy atom. The molecule has 0 fully saturated rings. The van der Waals surface area contributed by atoms with Crippen LogP contribution in [0.15, 0.2) is 53.4 Å². The number of ketones is 1. The summed E-state index contributed by atoms with van der Waals surface area (Å²) in [5.74, 6) is -0.910. The number of Topliss-reactive ketones (excluding diaryl/α,β-unsaturated/α-hetero) is 1. The van der Waals surface area contributed by atoms with E-state index in [2.05, 4.69) is 4.72 Å². The van der Waals surface area contributed by atoms with E-state index < -0.39 is 27.0 Å². The quantitative estimate of drug-likeness (QED) is 0.563. The van der Waals surface area contributed by atoms with Gasteiger partial charge >= 0.3 is 5.97 Å². The Kier molecular flexibility index (Phi) is 5.89. The number of sulfonamides is 1. The monoisotopic (exact) mass is 429 g/mol. The first-order valence-electron chi connectivity index (χ1n) is 9.87. The fraction of sp³-hybridized carbons (Fsp3) is 0.391. The third kappa shape index (κ3) is 4.32. The summed E-state index contributed by atoms with van der Waals surface area (Å²) in [6, 6.07) is 13.6. The van der Waals surface area contributed by atoms with Crippen LogP contribution >= 0.6 is 0 Å². The average Bonchev–Trinajstić information content (AvgIpc) is 2.93. The van der Waals surface area contributed by atoms with Gasteiger partial charge in [-0.1, -0.05) is 42.0 Å². The van der Waals surface area contributed by atoms with Gasteiger partial charge in [0.2, 0.25) is 10.0 Å². The van der Waals surface area contributed by atoms with Crippen LogP contribution in [0, 0.1) is 6.92 Å². The standard InChI is InChI=1S/C23H27NO5S/c1-16-9-11-18(12-10-16)30(27,28)24-14-13-23(21(26)29-22(2,3)4)19-8-6-5-7-17(19)15-20(23)25/h5-12,24H,13-15H2,1-4H3. The van der Waals surface area contributed by atoms with Crippen LogP contribution in [0.4, 0.5) is 0 Å². The molecule has 3 rings (SSSR count). The normalized spacial score (nSPS) is 18.9. The molecule has 1 aliphatic rings. The van der Waals surface area contributed by atoms with Crippen LogP contribution in [0.2, 0.25) is 0 Å². The van der Waals surface area contributed by atoms with Crippen molar-refractivity contribution >= 4 is 21.8 Å². The van der Waals surface area contributed by atoms with Crippen molar-refractivity contribution in [1.29, 1.82) is 0 Å². The van der Waals surface area contributed by atoms with Crippen LogP contribution in [-0.2, 0) is 36.2 Å². The Labute approximate surface area is 177 Å². The van der Waals surface area contributed by atoms with Crippen molar-refractivity contribution in [1.82, 2.24) is 4.72 Å². The van der Waals surface area contributed by atoms with Gasteiger partial charge in [-0.3, -0.25) is 9.59 Å². The molecule has 0 spiro atoms. The fourth-order valence-electron chi connectivity index (χ4n) is 3.70. The summed E-state index contributed by atoms with van der Waals surface area (Å²) in [6.45, 7) is 7.02. The fourth-order valence-corrected chi connectivity index (χ4v) is 4.74. The molecule has 1 atom stereocenters. The summed E-state index contributed by atoms with van der Waals surface area (Å²) in [7, 11) is -3.76. The molecule has 0 aliphatic heterocycles. The van der Waals surface area contributed by atoms with Crippen LogP contribution < -0.4 is 4.72 Å². The zero-order valence-corrected chi connectivity index (χ0v) is 18.5. The summed E-state index contributed by atoms with van der Waals surface area (Å²) in [6.07, 6.45) is 0.114. The van der Waals surface area contributed by atoms with Gasteiger partial charge in [0.1, 0.15) is 5.60 Å². The lowest BCUT2D eigenvalue weighted by Gasteiger charge is -2.31. The van der Waals surface area contributed by atoms with Gasteiger partial charge in [-0.15, -0.1) is 0 Å². The average molecular weight is 430 g/mol. The molecule has 2 aromatic carbocycles. The number of carbonyl (C=O) groups is 2. The van der Waals surface area contributed by atoms with Crippen LogP contribution in [-0.4, -0.2) is 32.3 Å². The molecule has 0 heterocycles. The highest BCUT2D eigenvalue weighted by Gasteiger charge is 2.53. The number of esters is 1. The Bertz CT molecular complexity index is 1070. The highest BCUT2D eigenvalue weighted by Crippen LogP contribution is 2.41. The van der Waals surface area contributed by atoms with E-state index in [-0.39, 0.29) is 30.1 Å². The number of rotatable bonds is 6. The first-order chi connectivity index (χ1) is 14.0. The molecular weight excluding hydrogens is 402 g/mol. The molecule has 30 heavy (non-hydrogen) atoms. The lowest BCUT2D eigenvalue weighted by atomic mass is 9.78. The van der Waals surface area contributed by atoms with Crippen molar-refractivity contribution < 1.29 is 22.7 Å². The van der Waals surface area contributed by atoms with Gasteiger partial charge in [-0.25, -0.2) is 13.1 Å². The lowest BCUT2D eigenvalue weighted by molar-refractivity contribution is -0.164. The zero-order chi connectivity index (χ0) is 22.2. The minimum atomic E-state index is -3.76. The van der Waals surface area contributed by atoms with Crippen molar-refractivity contribution in [2.45, 2.75) is 56.4 Å². The Morgan fingerprint density at radius 2 is 1.73 bits per heavy atom. The molecule has 2 aromatic rings. The molecule has 1 unspecified atom stereocenters. The summed E-state index contributed by atoms with van der Waals surface area (Å²) in [5, 5.41) is 0. The molecule has 1 aliphatic carbocycles. The van der Waals surface area contributed by atoms with E-state index in [0.29, 0.717) is 5.56 Å². The maximum absolute atomic E-state index is 13.2. The largest absolute Gasteiger partial charge is 0.459 e. The predicted molar refractivity (Wildman–Crippen MR) is 114 cm³/mol. The summed E-state index contributed by atoms with van der Waals surface area (Å²) in [4.78, 5) is 26.4. The highest BCUT2D eigenvalue weighted by atomic mass is 32.2. The molecule has 0 bridgehead atoms. The zero-order valence-electron chi connectivity index (χ0n) is 17.7. The molecule has 160 valence electrons. The van der Waals surface area contributed by atoms with Gasteiger partial charge in [-0.05, 0) is 57.4 Å². The SMILES string of the molecule is Cc1ccc(S(=O)(=O)NCCC2(C(=O)OC(C)(C)C)C(=O)Cc3ccccc32)cc1.